The molecule has 1 amide bonds. The Morgan fingerprint density at radius 2 is 2.05 bits per heavy atom. The van der Waals surface area contributed by atoms with Crippen molar-refractivity contribution in [2.75, 3.05) is 6.54 Å². The maximum absolute atomic E-state index is 12.3. The molecule has 20 heavy (non-hydrogen) atoms. The van der Waals surface area contributed by atoms with Gasteiger partial charge in [-0.1, -0.05) is 26.8 Å². The maximum Gasteiger partial charge on any atom is 0.273 e. The van der Waals surface area contributed by atoms with Crippen LogP contribution in [0.25, 0.3) is 0 Å². The number of nitrogens with two attached hydrogens (primary N) is 1. The molecule has 1 aromatic rings. The van der Waals surface area contributed by atoms with Crippen LogP contribution >= 0.6 is 0 Å². The highest BCUT2D eigenvalue weighted by atomic mass is 16.6. The average Bonchev–Trinajstić information content (AvgIpc) is 2.34. The van der Waals surface area contributed by atoms with Crippen LogP contribution in [-0.2, 0) is 0 Å². The highest BCUT2D eigenvalue weighted by molar-refractivity contribution is 5.96. The summed E-state index contributed by atoms with van der Waals surface area (Å²) < 4.78 is 0. The fraction of sp³-hybridized carbons (Fsp3) is 0.500. The van der Waals surface area contributed by atoms with E-state index in [0.29, 0.717) is 17.7 Å². The Bertz CT molecular complexity index is 521. The molecular formula is C14H21N3O3. The van der Waals surface area contributed by atoms with E-state index in [9.17, 15) is 14.9 Å². The molecule has 0 saturated carbocycles. The maximum atomic E-state index is 12.3. The minimum absolute atomic E-state index is 0.0577. The van der Waals surface area contributed by atoms with Gasteiger partial charge in [-0.2, -0.15) is 0 Å². The lowest BCUT2D eigenvalue weighted by Gasteiger charge is -2.30. The Morgan fingerprint density at radius 1 is 1.45 bits per heavy atom. The minimum atomic E-state index is -0.490. The highest BCUT2D eigenvalue weighted by Gasteiger charge is 2.26. The molecule has 6 nitrogen and oxygen atoms in total. The smallest absolute Gasteiger partial charge is 0.273 e. The molecule has 0 aliphatic heterocycles. The summed E-state index contributed by atoms with van der Waals surface area (Å²) in [6.07, 6.45) is 0. The standard InChI is InChI=1S/C14H21N3O3/c1-9-10(6-5-7-11(9)17(19)20)13(18)16-12(8-15)14(2,3)4/h5-7,12H,8,15H2,1-4H3,(H,16,18). The van der Waals surface area contributed by atoms with Crippen LogP contribution in [0.15, 0.2) is 18.2 Å². The molecule has 1 aromatic carbocycles. The van der Waals surface area contributed by atoms with Crippen molar-refractivity contribution in [2.24, 2.45) is 11.1 Å². The number of rotatable bonds is 4. The largest absolute Gasteiger partial charge is 0.347 e. The first-order chi connectivity index (χ1) is 9.18. The molecule has 1 unspecified atom stereocenters. The number of hydrogen-bond donors (Lipinski definition) is 2. The van der Waals surface area contributed by atoms with Gasteiger partial charge < -0.3 is 11.1 Å². The van der Waals surface area contributed by atoms with E-state index in [1.54, 1.807) is 13.0 Å². The van der Waals surface area contributed by atoms with E-state index >= 15 is 0 Å². The molecule has 3 N–H and O–H groups in total. The van der Waals surface area contributed by atoms with Gasteiger partial charge in [0, 0.05) is 29.8 Å². The van der Waals surface area contributed by atoms with Crippen LogP contribution in [0, 0.1) is 22.5 Å². The fourth-order valence-corrected chi connectivity index (χ4v) is 1.93. The lowest BCUT2D eigenvalue weighted by Crippen LogP contribution is -2.48. The van der Waals surface area contributed by atoms with Crippen molar-refractivity contribution in [1.29, 1.82) is 0 Å². The van der Waals surface area contributed by atoms with Crippen LogP contribution in [0.1, 0.15) is 36.7 Å². The number of amides is 1. The average molecular weight is 279 g/mol. The van der Waals surface area contributed by atoms with Gasteiger partial charge in [0.25, 0.3) is 11.6 Å². The molecule has 0 aliphatic carbocycles. The van der Waals surface area contributed by atoms with Crippen molar-refractivity contribution in [2.45, 2.75) is 33.7 Å². The lowest BCUT2D eigenvalue weighted by atomic mass is 9.86. The molecule has 0 spiro atoms. The van der Waals surface area contributed by atoms with Crippen LogP contribution in [-0.4, -0.2) is 23.4 Å². The second-order valence-electron chi connectivity index (χ2n) is 5.83. The third-order valence-electron chi connectivity index (χ3n) is 3.33. The van der Waals surface area contributed by atoms with Crippen molar-refractivity contribution in [3.8, 4) is 0 Å². The van der Waals surface area contributed by atoms with Crippen LogP contribution in [0.4, 0.5) is 5.69 Å². The Labute approximate surface area is 118 Å². The Balaban J connectivity index is 3.05. The van der Waals surface area contributed by atoms with E-state index in [-0.39, 0.29) is 23.1 Å². The Morgan fingerprint density at radius 3 is 2.50 bits per heavy atom. The van der Waals surface area contributed by atoms with E-state index in [2.05, 4.69) is 5.32 Å². The van der Waals surface area contributed by atoms with Gasteiger partial charge in [0.05, 0.1) is 4.92 Å². The summed E-state index contributed by atoms with van der Waals surface area (Å²) in [4.78, 5) is 22.7. The number of nitrogens with zero attached hydrogens (tertiary/aromatic N) is 1. The van der Waals surface area contributed by atoms with E-state index < -0.39 is 4.92 Å². The third-order valence-corrected chi connectivity index (χ3v) is 3.33. The summed E-state index contributed by atoms with van der Waals surface area (Å²) in [5, 5.41) is 13.7. The van der Waals surface area contributed by atoms with E-state index in [1.165, 1.54) is 12.1 Å². The third kappa shape index (κ3) is 3.54. The quantitative estimate of drug-likeness (QED) is 0.650. The van der Waals surface area contributed by atoms with Crippen LogP contribution in [0.5, 0.6) is 0 Å². The second kappa shape index (κ2) is 6.00. The Kier molecular flexibility index (Phi) is 4.83. The first kappa shape index (κ1) is 16.1. The van der Waals surface area contributed by atoms with Crippen LogP contribution in [0.2, 0.25) is 0 Å². The number of hydrogen-bond acceptors (Lipinski definition) is 4. The van der Waals surface area contributed by atoms with Gasteiger partial charge in [0.1, 0.15) is 0 Å². The van der Waals surface area contributed by atoms with Crippen molar-refractivity contribution in [1.82, 2.24) is 5.32 Å². The molecule has 0 radical (unpaired) electrons. The molecule has 0 bridgehead atoms. The summed E-state index contributed by atoms with van der Waals surface area (Å²) in [5.41, 5.74) is 6.11. The number of nitro benzene ring substituents is 1. The van der Waals surface area contributed by atoms with Gasteiger partial charge in [-0.05, 0) is 18.4 Å². The molecule has 6 heteroatoms. The topological polar surface area (TPSA) is 98.3 Å². The van der Waals surface area contributed by atoms with Crippen molar-refractivity contribution in [3.63, 3.8) is 0 Å². The van der Waals surface area contributed by atoms with Gasteiger partial charge in [0.15, 0.2) is 0 Å². The van der Waals surface area contributed by atoms with E-state index in [0.717, 1.165) is 0 Å². The molecule has 0 fully saturated rings. The summed E-state index contributed by atoms with van der Waals surface area (Å²) >= 11 is 0. The summed E-state index contributed by atoms with van der Waals surface area (Å²) in [5.74, 6) is -0.337. The summed E-state index contributed by atoms with van der Waals surface area (Å²) in [6.45, 7) is 7.81. The zero-order chi connectivity index (χ0) is 15.5. The fourth-order valence-electron chi connectivity index (χ4n) is 1.93. The SMILES string of the molecule is Cc1c(C(=O)NC(CN)C(C)(C)C)cccc1[N+](=O)[O-]. The first-order valence-corrected chi connectivity index (χ1v) is 6.43. The molecule has 0 aliphatic rings. The molecule has 0 aromatic heterocycles. The van der Waals surface area contributed by atoms with Crippen LogP contribution < -0.4 is 11.1 Å². The molecule has 1 rings (SSSR count). The van der Waals surface area contributed by atoms with Crippen molar-refractivity contribution < 1.29 is 9.72 Å². The van der Waals surface area contributed by atoms with Crippen molar-refractivity contribution >= 4 is 11.6 Å². The van der Waals surface area contributed by atoms with Gasteiger partial charge >= 0.3 is 0 Å². The molecular weight excluding hydrogens is 258 g/mol. The number of nitro groups is 1. The molecule has 1 atom stereocenters. The van der Waals surface area contributed by atoms with Gasteiger partial charge in [-0.3, -0.25) is 14.9 Å². The second-order valence-corrected chi connectivity index (χ2v) is 5.83. The van der Waals surface area contributed by atoms with Gasteiger partial charge in [-0.25, -0.2) is 0 Å². The van der Waals surface area contributed by atoms with E-state index in [4.69, 9.17) is 5.73 Å². The van der Waals surface area contributed by atoms with Crippen molar-refractivity contribution in [3.05, 3.63) is 39.4 Å². The molecule has 110 valence electrons. The Hall–Kier alpha value is -1.95. The first-order valence-electron chi connectivity index (χ1n) is 6.43. The normalized spacial score (nSPS) is 12.8. The van der Waals surface area contributed by atoms with E-state index in [1.807, 2.05) is 20.8 Å². The van der Waals surface area contributed by atoms with Gasteiger partial charge in [0.2, 0.25) is 0 Å². The summed E-state index contributed by atoms with van der Waals surface area (Å²) in [7, 11) is 0. The monoisotopic (exact) mass is 279 g/mol. The lowest BCUT2D eigenvalue weighted by molar-refractivity contribution is -0.385. The zero-order valence-electron chi connectivity index (χ0n) is 12.3. The number of carbonyl (C=O) groups is 1. The summed E-state index contributed by atoms with van der Waals surface area (Å²) in [6, 6.07) is 4.27. The highest BCUT2D eigenvalue weighted by Crippen LogP contribution is 2.23. The number of nitrogens with one attached hydrogen (secondary N) is 1. The molecule has 0 heterocycles. The minimum Gasteiger partial charge on any atom is -0.347 e. The molecule has 0 saturated heterocycles. The number of carbonyl (C=O) groups excluding carboxylic acids is 1. The van der Waals surface area contributed by atoms with Gasteiger partial charge in [-0.15, -0.1) is 0 Å². The number of benzene rings is 1. The predicted octanol–water partition coefficient (Wildman–Crippen LogP) is 2.01. The van der Waals surface area contributed by atoms with Crippen LogP contribution in [0.3, 0.4) is 0 Å². The zero-order valence-corrected chi connectivity index (χ0v) is 12.3. The predicted molar refractivity (Wildman–Crippen MR) is 77.6 cm³/mol.